The van der Waals surface area contributed by atoms with E-state index in [9.17, 15) is 13.2 Å². The highest BCUT2D eigenvalue weighted by Crippen LogP contribution is 2.22. The van der Waals surface area contributed by atoms with Crippen molar-refractivity contribution in [3.63, 3.8) is 0 Å². The van der Waals surface area contributed by atoms with E-state index in [-0.39, 0.29) is 6.42 Å². The molecule has 0 aliphatic carbocycles. The monoisotopic (exact) mass is 283 g/mol. The quantitative estimate of drug-likeness (QED) is 0.773. The third-order valence-electron chi connectivity index (χ3n) is 1.73. The molecule has 2 N–H and O–H groups in total. The number of carboxylic acids is 1. The number of carbonyl (C=O) groups is 1. The number of sulfonamides is 1. The number of thiophene rings is 1. The molecule has 1 unspecified atom stereocenters. The van der Waals surface area contributed by atoms with Crippen LogP contribution in [0.5, 0.6) is 0 Å². The Hall–Kier alpha value is -0.630. The summed E-state index contributed by atoms with van der Waals surface area (Å²) < 4.78 is 24.8. The van der Waals surface area contributed by atoms with Crippen molar-refractivity contribution in [1.29, 1.82) is 0 Å². The fourth-order valence-corrected chi connectivity index (χ4v) is 2.86. The molecule has 0 spiro atoms. The largest absolute Gasteiger partial charge is 0.481 e. The maximum absolute atomic E-state index is 11.3. The van der Waals surface area contributed by atoms with Crippen LogP contribution in [0.1, 0.15) is 17.3 Å². The van der Waals surface area contributed by atoms with Crippen LogP contribution in [-0.2, 0) is 14.8 Å². The minimum Gasteiger partial charge on any atom is -0.481 e. The lowest BCUT2D eigenvalue weighted by atomic mass is 10.2. The van der Waals surface area contributed by atoms with E-state index in [1.807, 2.05) is 0 Å². The molecule has 1 rings (SSSR count). The van der Waals surface area contributed by atoms with Crippen molar-refractivity contribution in [2.75, 3.05) is 5.21 Å². The molecular formula is C8H10ClNO4S2. The lowest BCUT2D eigenvalue weighted by Gasteiger charge is -2.14. The van der Waals surface area contributed by atoms with Crippen LogP contribution in [0.15, 0.2) is 17.5 Å². The summed E-state index contributed by atoms with van der Waals surface area (Å²) in [4.78, 5) is 11.3. The van der Waals surface area contributed by atoms with E-state index >= 15 is 0 Å². The average molecular weight is 284 g/mol. The van der Waals surface area contributed by atoms with E-state index in [1.54, 1.807) is 17.5 Å². The molecule has 0 amide bonds. The standard InChI is InChI=1S/C8H10ClNO4S2/c9-5-16(13,14)10-6(4-8(11)12)7-2-1-3-15-7/h1-3,6,10H,4-5H2,(H,11,12). The molecule has 16 heavy (non-hydrogen) atoms. The molecule has 0 aromatic carbocycles. The second kappa shape index (κ2) is 5.62. The Morgan fingerprint density at radius 1 is 1.62 bits per heavy atom. The van der Waals surface area contributed by atoms with E-state index in [2.05, 4.69) is 4.72 Å². The van der Waals surface area contributed by atoms with Gasteiger partial charge in [0.05, 0.1) is 12.5 Å². The number of nitrogens with one attached hydrogen (secondary N) is 1. The molecule has 0 aliphatic heterocycles. The number of alkyl halides is 1. The van der Waals surface area contributed by atoms with Gasteiger partial charge >= 0.3 is 5.97 Å². The van der Waals surface area contributed by atoms with Gasteiger partial charge in [-0.3, -0.25) is 4.79 Å². The molecule has 0 saturated carbocycles. The average Bonchev–Trinajstić information content (AvgIpc) is 2.68. The fourth-order valence-electron chi connectivity index (χ4n) is 1.11. The summed E-state index contributed by atoms with van der Waals surface area (Å²) in [7, 11) is -3.63. The van der Waals surface area contributed by atoms with Gasteiger partial charge < -0.3 is 5.11 Å². The summed E-state index contributed by atoms with van der Waals surface area (Å²) in [5, 5.41) is 9.85. The maximum atomic E-state index is 11.3. The first kappa shape index (κ1) is 13.4. The highest BCUT2D eigenvalue weighted by atomic mass is 35.5. The third kappa shape index (κ3) is 4.09. The molecule has 1 atom stereocenters. The van der Waals surface area contributed by atoms with Crippen LogP contribution in [0.4, 0.5) is 0 Å². The van der Waals surface area contributed by atoms with E-state index < -0.39 is 27.2 Å². The lowest BCUT2D eigenvalue weighted by molar-refractivity contribution is -0.137. The zero-order chi connectivity index (χ0) is 12.2. The van der Waals surface area contributed by atoms with Crippen LogP contribution in [-0.4, -0.2) is 24.7 Å². The Morgan fingerprint density at radius 2 is 2.31 bits per heavy atom. The SMILES string of the molecule is O=C(O)CC(NS(=O)(=O)CCl)c1cccs1. The Labute approximate surface area is 102 Å². The summed E-state index contributed by atoms with van der Waals surface area (Å²) >= 11 is 6.53. The van der Waals surface area contributed by atoms with Gasteiger partial charge in [-0.2, -0.15) is 0 Å². The number of rotatable bonds is 6. The van der Waals surface area contributed by atoms with E-state index in [1.165, 1.54) is 11.3 Å². The first-order chi connectivity index (χ1) is 7.44. The molecule has 0 radical (unpaired) electrons. The molecule has 5 nitrogen and oxygen atoms in total. The molecule has 90 valence electrons. The minimum absolute atomic E-state index is 0.309. The molecular weight excluding hydrogens is 274 g/mol. The van der Waals surface area contributed by atoms with Gasteiger partial charge in [-0.1, -0.05) is 6.07 Å². The van der Waals surface area contributed by atoms with Crippen molar-refractivity contribution in [3.8, 4) is 0 Å². The number of hydrogen-bond donors (Lipinski definition) is 2. The van der Waals surface area contributed by atoms with E-state index in [4.69, 9.17) is 16.7 Å². The van der Waals surface area contributed by atoms with Crippen molar-refractivity contribution >= 4 is 38.9 Å². The summed E-state index contributed by atoms with van der Waals surface area (Å²) in [5.74, 6) is -1.07. The van der Waals surface area contributed by atoms with Crippen molar-refractivity contribution in [2.24, 2.45) is 0 Å². The second-order valence-corrected chi connectivity index (χ2v) is 6.32. The third-order valence-corrected chi connectivity index (χ3v) is 4.51. The Kier molecular flexibility index (Phi) is 4.72. The first-order valence-electron chi connectivity index (χ1n) is 4.26. The van der Waals surface area contributed by atoms with E-state index in [0.717, 1.165) is 0 Å². The van der Waals surface area contributed by atoms with Gasteiger partial charge in [-0.15, -0.1) is 22.9 Å². The summed E-state index contributed by atoms with van der Waals surface area (Å²) in [6, 6.07) is 2.64. The van der Waals surface area contributed by atoms with Crippen LogP contribution < -0.4 is 4.72 Å². The lowest BCUT2D eigenvalue weighted by Crippen LogP contribution is -2.30. The number of hydrogen-bond acceptors (Lipinski definition) is 4. The van der Waals surface area contributed by atoms with Crippen LogP contribution in [0.3, 0.4) is 0 Å². The number of aliphatic carboxylic acids is 1. The Morgan fingerprint density at radius 3 is 2.75 bits per heavy atom. The molecule has 0 fully saturated rings. The predicted molar refractivity (Wildman–Crippen MR) is 62.1 cm³/mol. The van der Waals surface area contributed by atoms with Gasteiger partial charge in [-0.25, -0.2) is 13.1 Å². The highest BCUT2D eigenvalue weighted by Gasteiger charge is 2.22. The van der Waals surface area contributed by atoms with Gasteiger partial charge in [-0.05, 0) is 11.4 Å². The van der Waals surface area contributed by atoms with Crippen LogP contribution >= 0.6 is 22.9 Å². The van der Waals surface area contributed by atoms with Gasteiger partial charge in [0.2, 0.25) is 10.0 Å². The minimum atomic E-state index is -3.63. The maximum Gasteiger partial charge on any atom is 0.305 e. The van der Waals surface area contributed by atoms with Crippen LogP contribution in [0.2, 0.25) is 0 Å². The molecule has 1 heterocycles. The van der Waals surface area contributed by atoms with Gasteiger partial charge in [0, 0.05) is 4.88 Å². The molecule has 0 aliphatic rings. The molecule has 8 heteroatoms. The van der Waals surface area contributed by atoms with Crippen molar-refractivity contribution < 1.29 is 18.3 Å². The summed E-state index contributed by atoms with van der Waals surface area (Å²) in [6.45, 7) is 0. The Bertz CT molecular complexity index is 443. The van der Waals surface area contributed by atoms with Gasteiger partial charge in [0.1, 0.15) is 5.21 Å². The van der Waals surface area contributed by atoms with Gasteiger partial charge in [0.15, 0.2) is 0 Å². The van der Waals surface area contributed by atoms with E-state index in [0.29, 0.717) is 4.88 Å². The number of halogens is 1. The van der Waals surface area contributed by atoms with Gasteiger partial charge in [0.25, 0.3) is 0 Å². The Balaban J connectivity index is 2.85. The zero-order valence-electron chi connectivity index (χ0n) is 8.09. The summed E-state index contributed by atoms with van der Waals surface area (Å²) in [5.41, 5.74) is 0. The summed E-state index contributed by atoms with van der Waals surface area (Å²) in [6.07, 6.45) is -0.309. The van der Waals surface area contributed by atoms with Crippen molar-refractivity contribution in [1.82, 2.24) is 4.72 Å². The van der Waals surface area contributed by atoms with Crippen LogP contribution in [0, 0.1) is 0 Å². The molecule has 0 saturated heterocycles. The van der Waals surface area contributed by atoms with Crippen molar-refractivity contribution in [3.05, 3.63) is 22.4 Å². The molecule has 0 bridgehead atoms. The topological polar surface area (TPSA) is 83.5 Å². The zero-order valence-corrected chi connectivity index (χ0v) is 10.5. The first-order valence-corrected chi connectivity index (χ1v) is 7.32. The smallest absolute Gasteiger partial charge is 0.305 e. The second-order valence-electron chi connectivity index (χ2n) is 3.01. The van der Waals surface area contributed by atoms with Crippen LogP contribution in [0.25, 0.3) is 0 Å². The predicted octanol–water partition coefficient (Wildman–Crippen LogP) is 1.38. The normalized spacial score (nSPS) is 13.6. The molecule has 1 aromatic rings. The highest BCUT2D eigenvalue weighted by molar-refractivity contribution is 7.90. The number of carboxylic acid groups (broad SMARTS) is 1. The van der Waals surface area contributed by atoms with Crippen molar-refractivity contribution in [2.45, 2.75) is 12.5 Å². The molecule has 1 aromatic heterocycles. The fraction of sp³-hybridized carbons (Fsp3) is 0.375.